The Labute approximate surface area is 112 Å². The number of nitrogens with zero attached hydrogens (tertiary/aromatic N) is 1. The van der Waals surface area contributed by atoms with E-state index < -0.39 is 11.6 Å². The zero-order valence-corrected chi connectivity index (χ0v) is 11.3. The molecule has 0 saturated heterocycles. The highest BCUT2D eigenvalue weighted by molar-refractivity contribution is 9.10. The van der Waals surface area contributed by atoms with E-state index in [9.17, 15) is 8.78 Å². The Morgan fingerprint density at radius 3 is 2.72 bits per heavy atom. The SMILES string of the molecule is CCC(C/C(N)=N/O)Nc1cc(F)c(Br)cc1F. The van der Waals surface area contributed by atoms with Crippen LogP contribution in [0.2, 0.25) is 0 Å². The Hall–Kier alpha value is -1.37. The first-order chi connectivity index (χ1) is 8.47. The fraction of sp³-hybridized carbons (Fsp3) is 0.364. The van der Waals surface area contributed by atoms with Crippen molar-refractivity contribution in [1.82, 2.24) is 0 Å². The van der Waals surface area contributed by atoms with Crippen molar-refractivity contribution in [1.29, 1.82) is 0 Å². The van der Waals surface area contributed by atoms with E-state index in [1.807, 2.05) is 6.92 Å². The molecule has 1 unspecified atom stereocenters. The van der Waals surface area contributed by atoms with Crippen LogP contribution >= 0.6 is 15.9 Å². The smallest absolute Gasteiger partial charge is 0.147 e. The molecule has 4 N–H and O–H groups in total. The van der Waals surface area contributed by atoms with Crippen LogP contribution in [-0.4, -0.2) is 17.1 Å². The van der Waals surface area contributed by atoms with E-state index in [0.29, 0.717) is 6.42 Å². The van der Waals surface area contributed by atoms with E-state index >= 15 is 0 Å². The van der Waals surface area contributed by atoms with Crippen LogP contribution in [-0.2, 0) is 0 Å². The normalized spacial score (nSPS) is 13.4. The summed E-state index contributed by atoms with van der Waals surface area (Å²) >= 11 is 2.90. The Morgan fingerprint density at radius 2 is 2.17 bits per heavy atom. The summed E-state index contributed by atoms with van der Waals surface area (Å²) in [5, 5.41) is 14.1. The van der Waals surface area contributed by atoms with Gasteiger partial charge in [0.2, 0.25) is 0 Å². The maximum Gasteiger partial charge on any atom is 0.147 e. The monoisotopic (exact) mass is 321 g/mol. The molecule has 18 heavy (non-hydrogen) atoms. The Balaban J connectivity index is 2.85. The summed E-state index contributed by atoms with van der Waals surface area (Å²) < 4.78 is 26.9. The zero-order chi connectivity index (χ0) is 13.7. The van der Waals surface area contributed by atoms with Crippen LogP contribution in [0.3, 0.4) is 0 Å². The highest BCUT2D eigenvalue weighted by Crippen LogP contribution is 2.24. The van der Waals surface area contributed by atoms with Gasteiger partial charge in [-0.2, -0.15) is 0 Å². The topological polar surface area (TPSA) is 70.6 Å². The van der Waals surface area contributed by atoms with Crippen LogP contribution < -0.4 is 11.1 Å². The number of oxime groups is 1. The summed E-state index contributed by atoms with van der Waals surface area (Å²) in [7, 11) is 0. The van der Waals surface area contributed by atoms with Gasteiger partial charge < -0.3 is 16.3 Å². The van der Waals surface area contributed by atoms with E-state index in [4.69, 9.17) is 10.9 Å². The number of halogens is 3. The molecule has 0 amide bonds. The van der Waals surface area contributed by atoms with Crippen LogP contribution in [0.5, 0.6) is 0 Å². The summed E-state index contributed by atoms with van der Waals surface area (Å²) in [6.45, 7) is 1.86. The number of nitrogens with one attached hydrogen (secondary N) is 1. The third kappa shape index (κ3) is 3.83. The molecule has 0 spiro atoms. The standard InChI is InChI=1S/C11H14BrF2N3O/c1-2-6(3-11(15)17-18)16-10-5-8(13)7(12)4-9(10)14/h4-6,16,18H,2-3H2,1H3,(H2,15,17). The molecule has 7 heteroatoms. The molecule has 0 bridgehead atoms. The molecule has 0 heterocycles. The summed E-state index contributed by atoms with van der Waals surface area (Å²) in [5.41, 5.74) is 5.43. The molecule has 1 atom stereocenters. The van der Waals surface area contributed by atoms with Gasteiger partial charge in [0.05, 0.1) is 10.2 Å². The van der Waals surface area contributed by atoms with E-state index in [0.717, 1.165) is 12.1 Å². The molecule has 1 rings (SSSR count). The van der Waals surface area contributed by atoms with Crippen molar-refractivity contribution in [3.05, 3.63) is 28.2 Å². The molecular weight excluding hydrogens is 308 g/mol. The minimum Gasteiger partial charge on any atom is -0.409 e. The minimum absolute atomic E-state index is 0.0346. The maximum absolute atomic E-state index is 13.6. The first kappa shape index (κ1) is 14.7. The van der Waals surface area contributed by atoms with Gasteiger partial charge in [0, 0.05) is 18.5 Å². The molecule has 0 saturated carbocycles. The van der Waals surface area contributed by atoms with Gasteiger partial charge in [0.1, 0.15) is 17.5 Å². The lowest BCUT2D eigenvalue weighted by Crippen LogP contribution is -2.27. The zero-order valence-electron chi connectivity index (χ0n) is 9.75. The Kier molecular flexibility index (Phi) is 5.33. The van der Waals surface area contributed by atoms with Crippen molar-refractivity contribution in [2.24, 2.45) is 10.9 Å². The van der Waals surface area contributed by atoms with E-state index in [1.165, 1.54) is 0 Å². The first-order valence-corrected chi connectivity index (χ1v) is 6.14. The molecule has 0 aliphatic heterocycles. The molecule has 4 nitrogen and oxygen atoms in total. The van der Waals surface area contributed by atoms with Gasteiger partial charge >= 0.3 is 0 Å². The van der Waals surface area contributed by atoms with Crippen LogP contribution in [0.15, 0.2) is 21.8 Å². The van der Waals surface area contributed by atoms with Gasteiger partial charge in [-0.05, 0) is 28.4 Å². The number of amidine groups is 1. The van der Waals surface area contributed by atoms with E-state index in [-0.39, 0.29) is 28.5 Å². The fourth-order valence-corrected chi connectivity index (χ4v) is 1.76. The van der Waals surface area contributed by atoms with Crippen molar-refractivity contribution >= 4 is 27.5 Å². The maximum atomic E-state index is 13.6. The van der Waals surface area contributed by atoms with Gasteiger partial charge in [-0.1, -0.05) is 12.1 Å². The number of hydrogen-bond acceptors (Lipinski definition) is 3. The van der Waals surface area contributed by atoms with Crippen LogP contribution in [0, 0.1) is 11.6 Å². The van der Waals surface area contributed by atoms with E-state index in [2.05, 4.69) is 26.4 Å². The molecular formula is C11H14BrF2N3O. The highest BCUT2D eigenvalue weighted by atomic mass is 79.9. The number of nitrogens with two attached hydrogens (primary N) is 1. The average Bonchev–Trinajstić information content (AvgIpc) is 2.34. The van der Waals surface area contributed by atoms with Gasteiger partial charge in [0.25, 0.3) is 0 Å². The van der Waals surface area contributed by atoms with Crippen molar-refractivity contribution in [2.75, 3.05) is 5.32 Å². The first-order valence-electron chi connectivity index (χ1n) is 5.35. The number of hydrogen-bond donors (Lipinski definition) is 3. The molecule has 0 aromatic heterocycles. The van der Waals surface area contributed by atoms with E-state index in [1.54, 1.807) is 0 Å². The average molecular weight is 322 g/mol. The summed E-state index contributed by atoms with van der Waals surface area (Å²) in [6.07, 6.45) is 0.859. The van der Waals surface area contributed by atoms with Crippen LogP contribution in [0.25, 0.3) is 0 Å². The van der Waals surface area contributed by atoms with Gasteiger partial charge in [-0.3, -0.25) is 0 Å². The molecule has 100 valence electrons. The Morgan fingerprint density at radius 1 is 1.50 bits per heavy atom. The lowest BCUT2D eigenvalue weighted by molar-refractivity contribution is 0.316. The van der Waals surface area contributed by atoms with Crippen molar-refractivity contribution in [2.45, 2.75) is 25.8 Å². The minimum atomic E-state index is -0.568. The lowest BCUT2D eigenvalue weighted by Gasteiger charge is -2.18. The van der Waals surface area contributed by atoms with Gasteiger partial charge in [-0.25, -0.2) is 8.78 Å². The van der Waals surface area contributed by atoms with Crippen LogP contribution in [0.4, 0.5) is 14.5 Å². The molecule has 0 aliphatic rings. The third-order valence-corrected chi connectivity index (χ3v) is 3.05. The number of anilines is 1. The van der Waals surface area contributed by atoms with Crippen LogP contribution in [0.1, 0.15) is 19.8 Å². The molecule has 1 aromatic carbocycles. The highest BCUT2D eigenvalue weighted by Gasteiger charge is 2.13. The summed E-state index contributed by atoms with van der Waals surface area (Å²) in [4.78, 5) is 0. The van der Waals surface area contributed by atoms with Gasteiger partial charge in [0.15, 0.2) is 0 Å². The summed E-state index contributed by atoms with van der Waals surface area (Å²) in [6, 6.07) is 1.87. The fourth-order valence-electron chi connectivity index (χ4n) is 1.44. The second-order valence-electron chi connectivity index (χ2n) is 3.79. The predicted octanol–water partition coefficient (Wildman–Crippen LogP) is 3.05. The Bertz CT molecular complexity index is 454. The van der Waals surface area contributed by atoms with Crippen molar-refractivity contribution in [3.63, 3.8) is 0 Å². The van der Waals surface area contributed by atoms with Gasteiger partial charge in [-0.15, -0.1) is 0 Å². The van der Waals surface area contributed by atoms with Crippen molar-refractivity contribution in [3.8, 4) is 0 Å². The quantitative estimate of drug-likeness (QED) is 0.256. The second-order valence-corrected chi connectivity index (χ2v) is 4.65. The number of benzene rings is 1. The molecule has 1 aromatic rings. The number of rotatable bonds is 5. The second kappa shape index (κ2) is 6.53. The molecule has 0 aliphatic carbocycles. The van der Waals surface area contributed by atoms with Crippen molar-refractivity contribution < 1.29 is 14.0 Å². The third-order valence-electron chi connectivity index (χ3n) is 2.45. The predicted molar refractivity (Wildman–Crippen MR) is 69.8 cm³/mol. The lowest BCUT2D eigenvalue weighted by atomic mass is 10.1. The molecule has 0 radical (unpaired) electrons. The largest absolute Gasteiger partial charge is 0.409 e. The summed E-state index contributed by atoms with van der Waals surface area (Å²) in [5.74, 6) is -1.09. The molecule has 0 fully saturated rings.